The summed E-state index contributed by atoms with van der Waals surface area (Å²) in [5.41, 5.74) is 0. The standard InChI is InChI=1S/C17H34N2O5/c1-16(20)6-3-7-17(21)19-9-5-11-23-13-15-24-14-12-22-10-4-8-18-2/h18H,3-15H2,1-2H3,(H,19,21). The first-order valence-corrected chi connectivity index (χ1v) is 8.80. The van der Waals surface area contributed by atoms with Crippen molar-refractivity contribution in [2.75, 3.05) is 59.8 Å². The molecule has 0 fully saturated rings. The summed E-state index contributed by atoms with van der Waals surface area (Å²) in [7, 11) is 1.92. The van der Waals surface area contributed by atoms with Crippen LogP contribution in [0.25, 0.3) is 0 Å². The number of ether oxygens (including phenoxy) is 3. The minimum Gasteiger partial charge on any atom is -0.379 e. The SMILES string of the molecule is CNCCCOCCOCCOCCCNC(=O)CCCC(C)=O. The predicted molar refractivity (Wildman–Crippen MR) is 93.2 cm³/mol. The molecule has 0 unspecified atom stereocenters. The van der Waals surface area contributed by atoms with Gasteiger partial charge in [-0.05, 0) is 39.8 Å². The maximum Gasteiger partial charge on any atom is 0.220 e. The minimum atomic E-state index is -0.00528. The Labute approximate surface area is 145 Å². The van der Waals surface area contributed by atoms with E-state index in [1.54, 1.807) is 0 Å². The number of ketones is 1. The van der Waals surface area contributed by atoms with E-state index >= 15 is 0 Å². The number of carbonyl (C=O) groups is 2. The smallest absolute Gasteiger partial charge is 0.220 e. The van der Waals surface area contributed by atoms with Gasteiger partial charge in [-0.2, -0.15) is 0 Å². The molecule has 0 heterocycles. The fourth-order valence-corrected chi connectivity index (χ4v) is 1.88. The average Bonchev–Trinajstić information content (AvgIpc) is 2.55. The zero-order chi connectivity index (χ0) is 17.9. The molecule has 7 heteroatoms. The third-order valence-electron chi connectivity index (χ3n) is 3.18. The third-order valence-corrected chi connectivity index (χ3v) is 3.18. The van der Waals surface area contributed by atoms with Crippen molar-refractivity contribution in [3.05, 3.63) is 0 Å². The van der Waals surface area contributed by atoms with Gasteiger partial charge in [0.05, 0.1) is 26.4 Å². The zero-order valence-corrected chi connectivity index (χ0v) is 15.2. The Morgan fingerprint density at radius 2 is 1.29 bits per heavy atom. The normalized spacial score (nSPS) is 10.8. The van der Waals surface area contributed by atoms with E-state index < -0.39 is 0 Å². The maximum absolute atomic E-state index is 11.4. The molecule has 1 amide bonds. The van der Waals surface area contributed by atoms with Gasteiger partial charge in [-0.1, -0.05) is 0 Å². The lowest BCUT2D eigenvalue weighted by atomic mass is 10.2. The molecule has 0 atom stereocenters. The Morgan fingerprint density at radius 1 is 0.750 bits per heavy atom. The van der Waals surface area contributed by atoms with Gasteiger partial charge < -0.3 is 29.6 Å². The number of nitrogens with one attached hydrogen (secondary N) is 2. The van der Waals surface area contributed by atoms with Gasteiger partial charge in [-0.25, -0.2) is 0 Å². The second-order valence-electron chi connectivity index (χ2n) is 5.55. The summed E-state index contributed by atoms with van der Waals surface area (Å²) < 4.78 is 16.2. The Balaban J connectivity index is 3.12. The number of amides is 1. The first kappa shape index (κ1) is 23.0. The first-order chi connectivity index (χ1) is 11.7. The minimum absolute atomic E-state index is 0.00528. The molecule has 0 saturated heterocycles. The van der Waals surface area contributed by atoms with Gasteiger partial charge in [-0.15, -0.1) is 0 Å². The lowest BCUT2D eigenvalue weighted by molar-refractivity contribution is -0.121. The van der Waals surface area contributed by atoms with Crippen LogP contribution < -0.4 is 10.6 Å². The summed E-state index contributed by atoms with van der Waals surface area (Å²) in [6, 6.07) is 0. The van der Waals surface area contributed by atoms with E-state index in [1.807, 2.05) is 7.05 Å². The topological polar surface area (TPSA) is 85.9 Å². The molecule has 2 N–H and O–H groups in total. The Morgan fingerprint density at radius 3 is 1.83 bits per heavy atom. The molecular formula is C17H34N2O5. The lowest BCUT2D eigenvalue weighted by Gasteiger charge is -2.07. The highest BCUT2D eigenvalue weighted by molar-refractivity contribution is 5.78. The van der Waals surface area contributed by atoms with Gasteiger partial charge in [0.15, 0.2) is 0 Å². The van der Waals surface area contributed by atoms with Crippen molar-refractivity contribution in [2.45, 2.75) is 39.0 Å². The molecule has 0 aromatic carbocycles. The van der Waals surface area contributed by atoms with Crippen molar-refractivity contribution >= 4 is 11.7 Å². The summed E-state index contributed by atoms with van der Waals surface area (Å²) in [5, 5.41) is 5.88. The quantitative estimate of drug-likeness (QED) is 0.359. The van der Waals surface area contributed by atoms with Crippen LogP contribution in [0.4, 0.5) is 0 Å². The fourth-order valence-electron chi connectivity index (χ4n) is 1.88. The number of hydrogen-bond acceptors (Lipinski definition) is 6. The van der Waals surface area contributed by atoms with E-state index in [4.69, 9.17) is 14.2 Å². The molecule has 0 radical (unpaired) electrons. The monoisotopic (exact) mass is 346 g/mol. The largest absolute Gasteiger partial charge is 0.379 e. The van der Waals surface area contributed by atoms with Crippen LogP contribution in [0.1, 0.15) is 39.0 Å². The molecule has 142 valence electrons. The van der Waals surface area contributed by atoms with Gasteiger partial charge >= 0.3 is 0 Å². The van der Waals surface area contributed by atoms with Crippen LogP contribution in [-0.4, -0.2) is 71.5 Å². The number of carbonyl (C=O) groups excluding carboxylic acids is 2. The number of hydrogen-bond donors (Lipinski definition) is 2. The molecule has 0 bridgehead atoms. The zero-order valence-electron chi connectivity index (χ0n) is 15.2. The molecule has 0 saturated carbocycles. The van der Waals surface area contributed by atoms with Crippen molar-refractivity contribution in [3.8, 4) is 0 Å². The van der Waals surface area contributed by atoms with E-state index in [2.05, 4.69) is 10.6 Å². The average molecular weight is 346 g/mol. The van der Waals surface area contributed by atoms with Crippen LogP contribution >= 0.6 is 0 Å². The summed E-state index contributed by atoms with van der Waals surface area (Å²) in [4.78, 5) is 22.2. The highest BCUT2D eigenvalue weighted by Crippen LogP contribution is 1.96. The van der Waals surface area contributed by atoms with Crippen molar-refractivity contribution in [2.24, 2.45) is 0 Å². The van der Waals surface area contributed by atoms with Crippen LogP contribution in [0.15, 0.2) is 0 Å². The van der Waals surface area contributed by atoms with Crippen LogP contribution in [0.2, 0.25) is 0 Å². The van der Waals surface area contributed by atoms with Gasteiger partial charge in [0, 0.05) is 32.6 Å². The van der Waals surface area contributed by atoms with E-state index in [0.717, 1.165) is 26.0 Å². The molecule has 0 aromatic heterocycles. The highest BCUT2D eigenvalue weighted by Gasteiger charge is 2.01. The van der Waals surface area contributed by atoms with Gasteiger partial charge in [0.1, 0.15) is 5.78 Å². The van der Waals surface area contributed by atoms with Crippen LogP contribution in [0.3, 0.4) is 0 Å². The van der Waals surface area contributed by atoms with E-state index in [1.165, 1.54) is 6.92 Å². The molecule has 0 aliphatic heterocycles. The second kappa shape index (κ2) is 18.3. The van der Waals surface area contributed by atoms with E-state index in [9.17, 15) is 9.59 Å². The summed E-state index contributed by atoms with van der Waals surface area (Å²) in [6.45, 7) is 6.74. The first-order valence-electron chi connectivity index (χ1n) is 8.80. The molecule has 0 aliphatic carbocycles. The predicted octanol–water partition coefficient (Wildman–Crippen LogP) is 0.911. The van der Waals surface area contributed by atoms with Crippen molar-refractivity contribution < 1.29 is 23.8 Å². The number of Topliss-reactive ketones (excluding diaryl/α,β-unsaturated/α-hetero) is 1. The second-order valence-corrected chi connectivity index (χ2v) is 5.55. The van der Waals surface area contributed by atoms with Crippen LogP contribution in [0, 0.1) is 0 Å². The van der Waals surface area contributed by atoms with Crippen molar-refractivity contribution in [1.29, 1.82) is 0 Å². The lowest BCUT2D eigenvalue weighted by Crippen LogP contribution is -2.25. The van der Waals surface area contributed by atoms with E-state index in [-0.39, 0.29) is 11.7 Å². The molecule has 24 heavy (non-hydrogen) atoms. The molecule has 0 rings (SSSR count). The van der Waals surface area contributed by atoms with Crippen molar-refractivity contribution in [3.63, 3.8) is 0 Å². The Hall–Kier alpha value is -1.02. The molecule has 0 spiro atoms. The highest BCUT2D eigenvalue weighted by atomic mass is 16.5. The van der Waals surface area contributed by atoms with Gasteiger partial charge in [0.2, 0.25) is 5.91 Å². The van der Waals surface area contributed by atoms with Crippen LogP contribution in [0.5, 0.6) is 0 Å². The Kier molecular flexibility index (Phi) is 17.5. The summed E-state index contributed by atoms with van der Waals surface area (Å²) >= 11 is 0. The maximum atomic E-state index is 11.4. The number of rotatable bonds is 18. The third kappa shape index (κ3) is 19.0. The molecule has 7 nitrogen and oxygen atoms in total. The van der Waals surface area contributed by atoms with Crippen molar-refractivity contribution in [1.82, 2.24) is 10.6 Å². The molecule has 0 aliphatic rings. The Bertz CT molecular complexity index is 313. The molecule has 0 aromatic rings. The van der Waals surface area contributed by atoms with Gasteiger partial charge in [-0.3, -0.25) is 4.79 Å². The van der Waals surface area contributed by atoms with Crippen LogP contribution in [-0.2, 0) is 23.8 Å². The summed E-state index contributed by atoms with van der Waals surface area (Å²) in [6.07, 6.45) is 3.27. The molecular weight excluding hydrogens is 312 g/mol. The summed E-state index contributed by atoms with van der Waals surface area (Å²) in [5.74, 6) is 0.119. The van der Waals surface area contributed by atoms with E-state index in [0.29, 0.717) is 58.8 Å². The fraction of sp³-hybridized carbons (Fsp3) is 0.882. The van der Waals surface area contributed by atoms with Gasteiger partial charge in [0.25, 0.3) is 0 Å².